The van der Waals surface area contributed by atoms with Gasteiger partial charge in [0.05, 0.1) is 0 Å². The van der Waals surface area contributed by atoms with Crippen molar-refractivity contribution in [2.24, 2.45) is 0 Å². The van der Waals surface area contributed by atoms with Gasteiger partial charge in [0.2, 0.25) is 5.88 Å². The van der Waals surface area contributed by atoms with Crippen molar-refractivity contribution in [2.45, 2.75) is 25.4 Å². The Morgan fingerprint density at radius 1 is 1.50 bits per heavy atom. The Morgan fingerprint density at radius 2 is 2.28 bits per heavy atom. The third-order valence-electron chi connectivity index (χ3n) is 2.81. The van der Waals surface area contributed by atoms with Crippen molar-refractivity contribution in [1.82, 2.24) is 15.2 Å². The summed E-state index contributed by atoms with van der Waals surface area (Å²) < 4.78 is 5.54. The van der Waals surface area contributed by atoms with E-state index >= 15 is 0 Å². The minimum absolute atomic E-state index is 0.522. The van der Waals surface area contributed by atoms with Crippen LogP contribution in [0.5, 0.6) is 5.88 Å². The van der Waals surface area contributed by atoms with Gasteiger partial charge in [-0.15, -0.1) is 0 Å². The van der Waals surface area contributed by atoms with E-state index in [-0.39, 0.29) is 0 Å². The summed E-state index contributed by atoms with van der Waals surface area (Å²) in [4.78, 5) is 6.32. The number of pyridine rings is 1. The number of ether oxygens (including phenoxy) is 1. The fourth-order valence-electron chi connectivity index (χ4n) is 1.54. The van der Waals surface area contributed by atoms with Gasteiger partial charge < -0.3 is 15.0 Å². The molecule has 1 fully saturated rings. The maximum atomic E-state index is 6.15. The molecule has 1 aliphatic rings. The molecule has 5 heteroatoms. The largest absolute Gasteiger partial charge is 0.475 e. The Hall–Kier alpha value is -0.840. The van der Waals surface area contributed by atoms with Crippen LogP contribution < -0.4 is 10.1 Å². The number of halogens is 1. The fraction of sp³-hybridized carbons (Fsp3) is 0.615. The molecular formula is C13H20ClN3O. The summed E-state index contributed by atoms with van der Waals surface area (Å²) in [5.41, 5.74) is 1.10. The maximum absolute atomic E-state index is 6.15. The van der Waals surface area contributed by atoms with Crippen LogP contribution in [0.4, 0.5) is 0 Å². The van der Waals surface area contributed by atoms with Crippen LogP contribution in [0, 0.1) is 0 Å². The minimum Gasteiger partial charge on any atom is -0.475 e. The number of aromatic nitrogens is 1. The first-order chi connectivity index (χ1) is 8.65. The molecule has 1 N–H and O–H groups in total. The summed E-state index contributed by atoms with van der Waals surface area (Å²) in [7, 11) is 4.01. The van der Waals surface area contributed by atoms with Crippen LogP contribution in [0.1, 0.15) is 18.4 Å². The first-order valence-electron chi connectivity index (χ1n) is 6.30. The molecule has 0 saturated heterocycles. The van der Waals surface area contributed by atoms with Crippen molar-refractivity contribution in [3.63, 3.8) is 0 Å². The molecular weight excluding hydrogens is 250 g/mol. The van der Waals surface area contributed by atoms with Crippen molar-refractivity contribution in [3.05, 3.63) is 22.8 Å². The van der Waals surface area contributed by atoms with Gasteiger partial charge in [-0.1, -0.05) is 11.6 Å². The summed E-state index contributed by atoms with van der Waals surface area (Å²) in [5.74, 6) is 0.522. The molecule has 0 aromatic carbocycles. The molecule has 2 rings (SSSR count). The summed E-state index contributed by atoms with van der Waals surface area (Å²) in [6, 6.07) is 2.62. The summed E-state index contributed by atoms with van der Waals surface area (Å²) in [6.07, 6.45) is 4.39. The third-order valence-corrected chi connectivity index (χ3v) is 3.08. The highest BCUT2D eigenvalue weighted by Crippen LogP contribution is 2.23. The summed E-state index contributed by atoms with van der Waals surface area (Å²) in [5, 5.41) is 4.02. The third kappa shape index (κ3) is 4.44. The SMILES string of the molecule is CN(C)CCOc1ncc(CNC2CC2)cc1Cl. The Bertz CT molecular complexity index is 394. The van der Waals surface area contributed by atoms with Crippen molar-refractivity contribution in [2.75, 3.05) is 27.2 Å². The molecule has 0 unspecified atom stereocenters. The van der Waals surface area contributed by atoms with Crippen LogP contribution >= 0.6 is 11.6 Å². The number of nitrogens with one attached hydrogen (secondary N) is 1. The molecule has 0 aliphatic heterocycles. The number of hydrogen-bond acceptors (Lipinski definition) is 4. The van der Waals surface area contributed by atoms with Crippen LogP contribution in [0.15, 0.2) is 12.3 Å². The van der Waals surface area contributed by atoms with E-state index in [0.717, 1.165) is 18.7 Å². The van der Waals surface area contributed by atoms with Gasteiger partial charge in [-0.05, 0) is 38.6 Å². The zero-order chi connectivity index (χ0) is 13.0. The van der Waals surface area contributed by atoms with Crippen molar-refractivity contribution in [3.8, 4) is 5.88 Å². The molecule has 4 nitrogen and oxygen atoms in total. The quantitative estimate of drug-likeness (QED) is 0.821. The average Bonchev–Trinajstić information content (AvgIpc) is 3.12. The van der Waals surface area contributed by atoms with Gasteiger partial charge in [0.15, 0.2) is 0 Å². The van der Waals surface area contributed by atoms with E-state index in [0.29, 0.717) is 23.6 Å². The Kier molecular flexibility index (Phi) is 4.80. The van der Waals surface area contributed by atoms with Crippen molar-refractivity contribution >= 4 is 11.6 Å². The molecule has 1 aromatic heterocycles. The molecule has 1 aromatic rings. The van der Waals surface area contributed by atoms with Gasteiger partial charge in [0, 0.05) is 25.3 Å². The lowest BCUT2D eigenvalue weighted by molar-refractivity contribution is 0.254. The van der Waals surface area contributed by atoms with Crippen LogP contribution in [0.2, 0.25) is 5.02 Å². The van der Waals surface area contributed by atoms with E-state index in [4.69, 9.17) is 16.3 Å². The van der Waals surface area contributed by atoms with E-state index in [1.165, 1.54) is 12.8 Å². The average molecular weight is 270 g/mol. The Morgan fingerprint density at radius 3 is 2.89 bits per heavy atom. The predicted molar refractivity (Wildman–Crippen MR) is 73.2 cm³/mol. The van der Waals surface area contributed by atoms with Crippen LogP contribution in [-0.2, 0) is 6.54 Å². The molecule has 1 aliphatic carbocycles. The monoisotopic (exact) mass is 269 g/mol. The molecule has 100 valence electrons. The van der Waals surface area contributed by atoms with E-state index in [1.807, 2.05) is 26.4 Å². The van der Waals surface area contributed by atoms with Crippen molar-refractivity contribution in [1.29, 1.82) is 0 Å². The zero-order valence-corrected chi connectivity index (χ0v) is 11.7. The molecule has 0 spiro atoms. The second-order valence-corrected chi connectivity index (χ2v) is 5.34. The molecule has 1 saturated carbocycles. The number of likely N-dealkylation sites (N-methyl/N-ethyl adjacent to an activating group) is 1. The Labute approximate surface area is 113 Å². The highest BCUT2D eigenvalue weighted by Gasteiger charge is 2.20. The maximum Gasteiger partial charge on any atom is 0.232 e. The molecule has 0 amide bonds. The van der Waals surface area contributed by atoms with E-state index in [9.17, 15) is 0 Å². The van der Waals surface area contributed by atoms with Gasteiger partial charge in [0.1, 0.15) is 11.6 Å². The number of hydrogen-bond donors (Lipinski definition) is 1. The van der Waals surface area contributed by atoms with Gasteiger partial charge in [-0.2, -0.15) is 0 Å². The first-order valence-corrected chi connectivity index (χ1v) is 6.68. The predicted octanol–water partition coefficient (Wildman–Crippen LogP) is 1.93. The van der Waals surface area contributed by atoms with Crippen LogP contribution in [-0.4, -0.2) is 43.2 Å². The van der Waals surface area contributed by atoms with Gasteiger partial charge in [-0.25, -0.2) is 4.98 Å². The van der Waals surface area contributed by atoms with Crippen LogP contribution in [0.25, 0.3) is 0 Å². The smallest absolute Gasteiger partial charge is 0.232 e. The van der Waals surface area contributed by atoms with E-state index < -0.39 is 0 Å². The highest BCUT2D eigenvalue weighted by molar-refractivity contribution is 6.31. The summed E-state index contributed by atoms with van der Waals surface area (Å²) >= 11 is 6.15. The number of nitrogens with zero attached hydrogens (tertiary/aromatic N) is 2. The zero-order valence-electron chi connectivity index (χ0n) is 10.9. The molecule has 1 heterocycles. The Balaban J connectivity index is 1.83. The van der Waals surface area contributed by atoms with E-state index in [2.05, 4.69) is 15.2 Å². The lowest BCUT2D eigenvalue weighted by Crippen LogP contribution is -2.20. The molecule has 0 bridgehead atoms. The second-order valence-electron chi connectivity index (χ2n) is 4.94. The lowest BCUT2D eigenvalue weighted by atomic mass is 10.3. The summed E-state index contributed by atoms with van der Waals surface area (Å²) in [6.45, 7) is 2.28. The topological polar surface area (TPSA) is 37.4 Å². The standard InChI is InChI=1S/C13H20ClN3O/c1-17(2)5-6-18-13-12(14)7-10(9-16-13)8-15-11-3-4-11/h7,9,11,15H,3-6,8H2,1-2H3. The van der Waals surface area contributed by atoms with Gasteiger partial charge >= 0.3 is 0 Å². The fourth-order valence-corrected chi connectivity index (χ4v) is 1.79. The number of rotatable bonds is 7. The minimum atomic E-state index is 0.522. The molecule has 18 heavy (non-hydrogen) atoms. The van der Waals surface area contributed by atoms with Crippen LogP contribution in [0.3, 0.4) is 0 Å². The van der Waals surface area contributed by atoms with Gasteiger partial charge in [-0.3, -0.25) is 0 Å². The molecule has 0 radical (unpaired) electrons. The lowest BCUT2D eigenvalue weighted by Gasteiger charge is -2.12. The normalized spacial score (nSPS) is 15.1. The highest BCUT2D eigenvalue weighted by atomic mass is 35.5. The van der Waals surface area contributed by atoms with E-state index in [1.54, 1.807) is 0 Å². The van der Waals surface area contributed by atoms with Crippen molar-refractivity contribution < 1.29 is 4.74 Å². The van der Waals surface area contributed by atoms with Gasteiger partial charge in [0.25, 0.3) is 0 Å². The first kappa shape index (κ1) is 13.6. The molecule has 0 atom stereocenters. The second kappa shape index (κ2) is 6.36.